The van der Waals surface area contributed by atoms with Crippen LogP contribution in [-0.4, -0.2) is 61.9 Å². The Morgan fingerprint density at radius 2 is 1.81 bits per heavy atom. The molecule has 1 aliphatic heterocycles. The predicted molar refractivity (Wildman–Crippen MR) is 119 cm³/mol. The Bertz CT molecular complexity index is 1260. The third-order valence-corrected chi connectivity index (χ3v) is 7.95. The first-order chi connectivity index (χ1) is 17.0. The van der Waals surface area contributed by atoms with Crippen molar-refractivity contribution in [2.75, 3.05) is 25.2 Å². The molecule has 0 bridgehead atoms. The van der Waals surface area contributed by atoms with Gasteiger partial charge in [0.25, 0.3) is 0 Å². The van der Waals surface area contributed by atoms with Gasteiger partial charge >= 0.3 is 18.3 Å². The third kappa shape index (κ3) is 6.13. The maximum absolute atomic E-state index is 13.8. The summed E-state index contributed by atoms with van der Waals surface area (Å²) in [6.45, 7) is 3.12. The van der Waals surface area contributed by atoms with Crippen molar-refractivity contribution in [1.29, 1.82) is 0 Å². The number of methoxy groups -OCH3 is 1. The molecule has 0 saturated carbocycles. The van der Waals surface area contributed by atoms with Crippen LogP contribution in [0.3, 0.4) is 0 Å². The molecule has 0 spiro atoms. The number of aryl methyl sites for hydroxylation is 1. The summed E-state index contributed by atoms with van der Waals surface area (Å²) in [5, 5.41) is 2.88. The van der Waals surface area contributed by atoms with Crippen LogP contribution >= 0.6 is 0 Å². The smallest absolute Gasteiger partial charge is 0.422 e. The van der Waals surface area contributed by atoms with E-state index >= 15 is 0 Å². The Morgan fingerprint density at radius 1 is 1.16 bits per heavy atom. The Morgan fingerprint density at radius 3 is 2.35 bits per heavy atom. The highest BCUT2D eigenvalue weighted by atomic mass is 32.2. The van der Waals surface area contributed by atoms with Crippen LogP contribution in [0.2, 0.25) is 0 Å². The molecule has 206 valence electrons. The van der Waals surface area contributed by atoms with Gasteiger partial charge < -0.3 is 14.4 Å². The lowest BCUT2D eigenvalue weighted by Crippen LogP contribution is -2.38. The molecule has 8 nitrogen and oxygen atoms in total. The third-order valence-electron chi connectivity index (χ3n) is 5.76. The summed E-state index contributed by atoms with van der Waals surface area (Å²) in [5.41, 5.74) is -1.09. The summed E-state index contributed by atoms with van der Waals surface area (Å²) in [7, 11) is -3.63. The molecule has 3 rings (SSSR count). The minimum atomic E-state index is -5.21. The summed E-state index contributed by atoms with van der Waals surface area (Å²) in [6.07, 6.45) is -10.4. The summed E-state index contributed by atoms with van der Waals surface area (Å²) in [6, 6.07) is 1.84. The van der Waals surface area contributed by atoms with Gasteiger partial charge in [-0.05, 0) is 45.4 Å². The van der Waals surface area contributed by atoms with Crippen LogP contribution in [0.1, 0.15) is 37.6 Å². The van der Waals surface area contributed by atoms with Gasteiger partial charge in [0.2, 0.25) is 0 Å². The molecule has 1 aliphatic rings. The summed E-state index contributed by atoms with van der Waals surface area (Å²) >= 11 is 0. The monoisotopic (exact) mass is 557 g/mol. The van der Waals surface area contributed by atoms with Gasteiger partial charge in [0, 0.05) is 18.7 Å². The first kappa shape index (κ1) is 28.6. The molecule has 0 aliphatic carbocycles. The molecule has 1 fully saturated rings. The quantitative estimate of drug-likeness (QED) is 0.370. The Hall–Kier alpha value is -2.97. The largest absolute Gasteiger partial charge is 0.484 e. The van der Waals surface area contributed by atoms with Gasteiger partial charge in [-0.2, -0.15) is 31.4 Å². The molecule has 0 N–H and O–H groups in total. The van der Waals surface area contributed by atoms with Crippen molar-refractivity contribution in [1.82, 2.24) is 9.78 Å². The molecule has 2 heterocycles. The van der Waals surface area contributed by atoms with Crippen LogP contribution in [-0.2, 0) is 25.5 Å². The molecule has 2 aromatic rings. The van der Waals surface area contributed by atoms with E-state index in [9.17, 15) is 39.6 Å². The number of hydrogen-bond donors (Lipinski definition) is 0. The maximum Gasteiger partial charge on any atom is 0.422 e. The van der Waals surface area contributed by atoms with Crippen molar-refractivity contribution >= 4 is 21.6 Å². The number of carbonyl (C=O) groups excluding carboxylic acids is 1. The van der Waals surface area contributed by atoms with Crippen LogP contribution in [0.4, 0.5) is 32.2 Å². The number of halogens is 6. The van der Waals surface area contributed by atoms with Crippen molar-refractivity contribution < 1.29 is 49.0 Å². The van der Waals surface area contributed by atoms with E-state index in [1.807, 2.05) is 13.8 Å². The van der Waals surface area contributed by atoms with Crippen molar-refractivity contribution in [2.24, 2.45) is 0 Å². The first-order valence-corrected chi connectivity index (χ1v) is 12.6. The number of benzene rings is 1. The second kappa shape index (κ2) is 10.1. The fraction of sp³-hybridized carbons (Fsp3) is 0.545. The van der Waals surface area contributed by atoms with Crippen molar-refractivity contribution in [3.8, 4) is 5.75 Å². The molecule has 1 aromatic heterocycles. The second-order valence-corrected chi connectivity index (χ2v) is 11.0. The van der Waals surface area contributed by atoms with Gasteiger partial charge in [0.1, 0.15) is 17.6 Å². The Kier molecular flexibility index (Phi) is 7.78. The number of carbonyl (C=O) groups is 1. The summed E-state index contributed by atoms with van der Waals surface area (Å²) < 4.78 is 117. The lowest BCUT2D eigenvalue weighted by Gasteiger charge is -2.26. The highest BCUT2D eigenvalue weighted by molar-refractivity contribution is 7.92. The highest BCUT2D eigenvalue weighted by Gasteiger charge is 2.48. The normalized spacial score (nSPS) is 18.9. The standard InChI is InChI=1S/C22H25F6N3O5S/c1-12(2)31-19(7-13(3)29-31)30-10-15(9-17(30)20(32)35-4)37(33,34)18-6-5-14(36-11-21(23,24)25)8-16(18)22(26,27)28/h5-8,12,15,17H,9-11H2,1-4H3/t15-,17?/m1/s1. The van der Waals surface area contributed by atoms with E-state index in [0.717, 1.165) is 13.2 Å². The van der Waals surface area contributed by atoms with Gasteiger partial charge in [-0.25, -0.2) is 17.9 Å². The molecule has 1 saturated heterocycles. The molecular formula is C22H25F6N3O5S. The van der Waals surface area contributed by atoms with Crippen molar-refractivity contribution in [2.45, 2.75) is 61.8 Å². The fourth-order valence-corrected chi connectivity index (χ4v) is 6.04. The fourth-order valence-electron chi connectivity index (χ4n) is 4.15. The predicted octanol–water partition coefficient (Wildman–Crippen LogP) is 4.33. The van der Waals surface area contributed by atoms with E-state index in [0.29, 0.717) is 17.6 Å². The number of ether oxygens (including phenoxy) is 2. The number of aromatic nitrogens is 2. The number of nitrogens with zero attached hydrogens (tertiary/aromatic N) is 3. The second-order valence-electron chi connectivity index (χ2n) is 8.84. The van der Waals surface area contributed by atoms with Gasteiger partial charge in [0.05, 0.1) is 28.5 Å². The Balaban J connectivity index is 2.04. The van der Waals surface area contributed by atoms with E-state index in [-0.39, 0.29) is 25.1 Å². The molecule has 37 heavy (non-hydrogen) atoms. The van der Waals surface area contributed by atoms with Crippen LogP contribution < -0.4 is 9.64 Å². The zero-order chi connectivity index (χ0) is 27.9. The first-order valence-electron chi connectivity index (χ1n) is 11.0. The number of hydrogen-bond acceptors (Lipinski definition) is 7. The van der Waals surface area contributed by atoms with Crippen LogP contribution in [0.15, 0.2) is 29.2 Å². The number of esters is 1. The van der Waals surface area contributed by atoms with E-state index in [1.165, 1.54) is 4.90 Å². The number of anilines is 1. The lowest BCUT2D eigenvalue weighted by molar-refractivity contribution is -0.153. The average Bonchev–Trinajstić information content (AvgIpc) is 3.40. The Labute approximate surface area is 209 Å². The van der Waals surface area contributed by atoms with Crippen LogP contribution in [0.5, 0.6) is 5.75 Å². The summed E-state index contributed by atoms with van der Waals surface area (Å²) in [4.78, 5) is 12.9. The molecule has 2 atom stereocenters. The average molecular weight is 558 g/mol. The van der Waals surface area contributed by atoms with E-state index in [1.54, 1.807) is 17.7 Å². The number of alkyl halides is 6. The van der Waals surface area contributed by atoms with Crippen molar-refractivity contribution in [3.63, 3.8) is 0 Å². The van der Waals surface area contributed by atoms with E-state index < -0.39 is 62.3 Å². The topological polar surface area (TPSA) is 90.7 Å². The molecule has 0 amide bonds. The van der Waals surface area contributed by atoms with Crippen LogP contribution in [0.25, 0.3) is 0 Å². The summed E-state index contributed by atoms with van der Waals surface area (Å²) in [5.74, 6) is -1.17. The lowest BCUT2D eigenvalue weighted by atomic mass is 10.2. The maximum atomic E-state index is 13.8. The highest BCUT2D eigenvalue weighted by Crippen LogP contribution is 2.40. The minimum Gasteiger partial charge on any atom is -0.484 e. The van der Waals surface area contributed by atoms with E-state index in [4.69, 9.17) is 4.74 Å². The van der Waals surface area contributed by atoms with Gasteiger partial charge in [-0.15, -0.1) is 0 Å². The molecule has 1 aromatic carbocycles. The molecule has 1 unspecified atom stereocenters. The molecular weight excluding hydrogens is 532 g/mol. The number of sulfone groups is 1. The number of rotatable bonds is 7. The van der Waals surface area contributed by atoms with Gasteiger partial charge in [-0.1, -0.05) is 0 Å². The molecule has 15 heteroatoms. The molecule has 0 radical (unpaired) electrons. The SMILES string of the molecule is COC(=O)C1C[C@@H](S(=O)(=O)c2ccc(OCC(F)(F)F)cc2C(F)(F)F)CN1c1cc(C)nn1C(C)C. The zero-order valence-electron chi connectivity index (χ0n) is 20.2. The zero-order valence-corrected chi connectivity index (χ0v) is 21.0. The van der Waals surface area contributed by atoms with Gasteiger partial charge in [0.15, 0.2) is 16.4 Å². The van der Waals surface area contributed by atoms with Crippen LogP contribution in [0, 0.1) is 6.92 Å². The van der Waals surface area contributed by atoms with E-state index in [2.05, 4.69) is 9.84 Å². The van der Waals surface area contributed by atoms with Crippen molar-refractivity contribution in [3.05, 3.63) is 35.5 Å². The van der Waals surface area contributed by atoms with Gasteiger partial charge in [-0.3, -0.25) is 0 Å². The minimum absolute atomic E-state index is 0.182.